The van der Waals surface area contributed by atoms with Crippen LogP contribution >= 0.6 is 15.9 Å². The van der Waals surface area contributed by atoms with Crippen LogP contribution < -0.4 is 0 Å². The molecule has 16 heavy (non-hydrogen) atoms. The van der Waals surface area contributed by atoms with Crippen molar-refractivity contribution in [3.63, 3.8) is 0 Å². The molecule has 0 atom stereocenters. The van der Waals surface area contributed by atoms with Gasteiger partial charge in [-0.2, -0.15) is 4.68 Å². The maximum Gasteiger partial charge on any atom is 0.156 e. The van der Waals surface area contributed by atoms with Crippen LogP contribution in [0.2, 0.25) is 0 Å². The van der Waals surface area contributed by atoms with E-state index in [1.807, 2.05) is 29.8 Å². The molecule has 0 aromatic carbocycles. The van der Waals surface area contributed by atoms with E-state index in [9.17, 15) is 0 Å². The molecule has 0 saturated carbocycles. The lowest BCUT2D eigenvalue weighted by Gasteiger charge is -2.02. The Morgan fingerprint density at radius 3 is 2.62 bits per heavy atom. The van der Waals surface area contributed by atoms with Gasteiger partial charge in [0.1, 0.15) is 10.4 Å². The fraction of sp³-hybridized carbons (Fsp3) is 0.364. The summed E-state index contributed by atoms with van der Waals surface area (Å²) in [5.74, 6) is 2.61. The predicted octanol–water partition coefficient (Wildman–Crippen LogP) is 2.55. The Morgan fingerprint density at radius 1 is 1.19 bits per heavy atom. The van der Waals surface area contributed by atoms with Gasteiger partial charge in [-0.05, 0) is 28.1 Å². The largest absolute Gasteiger partial charge is 0.222 e. The maximum absolute atomic E-state index is 4.45. The summed E-state index contributed by atoms with van der Waals surface area (Å²) in [6.45, 7) is 4.12. The fourth-order valence-electron chi connectivity index (χ4n) is 1.47. The number of rotatable bonds is 3. The third-order valence-electron chi connectivity index (χ3n) is 2.27. The van der Waals surface area contributed by atoms with Crippen LogP contribution in [0, 0.1) is 0 Å². The van der Waals surface area contributed by atoms with E-state index in [1.165, 1.54) is 0 Å². The van der Waals surface area contributed by atoms with Gasteiger partial charge in [-0.1, -0.05) is 19.9 Å². The van der Waals surface area contributed by atoms with Gasteiger partial charge in [0.05, 0.1) is 0 Å². The Labute approximate surface area is 103 Å². The third kappa shape index (κ3) is 2.14. The summed E-state index contributed by atoms with van der Waals surface area (Å²) in [4.78, 5) is 8.83. The first-order valence-corrected chi connectivity index (χ1v) is 6.11. The fourth-order valence-corrected chi connectivity index (χ4v) is 1.80. The number of hydrogen-bond donors (Lipinski definition) is 0. The molecule has 0 amide bonds. The maximum atomic E-state index is 4.45. The molecule has 0 radical (unpaired) electrons. The van der Waals surface area contributed by atoms with E-state index in [-0.39, 0.29) is 0 Å². The molecule has 2 aromatic heterocycles. The van der Waals surface area contributed by atoms with Crippen LogP contribution in [0.3, 0.4) is 0 Å². The summed E-state index contributed by atoms with van der Waals surface area (Å²) in [6.07, 6.45) is 1.69. The monoisotopic (exact) mass is 280 g/mol. The van der Waals surface area contributed by atoms with Gasteiger partial charge in [0, 0.05) is 12.8 Å². The smallest absolute Gasteiger partial charge is 0.156 e. The molecule has 0 N–H and O–H groups in total. The lowest BCUT2D eigenvalue weighted by atomic mass is 10.4. The summed E-state index contributed by atoms with van der Waals surface area (Å²) in [6, 6.07) is 5.77. The zero-order valence-corrected chi connectivity index (χ0v) is 10.9. The minimum absolute atomic E-state index is 0.804. The molecule has 0 aliphatic heterocycles. The van der Waals surface area contributed by atoms with Crippen LogP contribution in [0.1, 0.15) is 25.5 Å². The Kier molecular flexibility index (Phi) is 3.33. The van der Waals surface area contributed by atoms with E-state index < -0.39 is 0 Å². The highest BCUT2D eigenvalue weighted by molar-refractivity contribution is 9.10. The van der Waals surface area contributed by atoms with Crippen LogP contribution in [-0.2, 0) is 12.8 Å². The van der Waals surface area contributed by atoms with Crippen molar-refractivity contribution >= 4 is 15.9 Å². The highest BCUT2D eigenvalue weighted by atomic mass is 79.9. The van der Waals surface area contributed by atoms with Crippen molar-refractivity contribution in [1.29, 1.82) is 0 Å². The van der Waals surface area contributed by atoms with E-state index in [2.05, 4.69) is 37.9 Å². The molecule has 0 aliphatic carbocycles. The van der Waals surface area contributed by atoms with Crippen molar-refractivity contribution in [3.8, 4) is 5.82 Å². The molecule has 0 saturated heterocycles. The summed E-state index contributed by atoms with van der Waals surface area (Å²) >= 11 is 3.36. The minimum atomic E-state index is 0.804. The number of halogens is 1. The van der Waals surface area contributed by atoms with Crippen LogP contribution in [0.5, 0.6) is 0 Å². The van der Waals surface area contributed by atoms with Gasteiger partial charge in [0.25, 0.3) is 0 Å². The Hall–Kier alpha value is -1.23. The zero-order chi connectivity index (χ0) is 11.5. The Bertz CT molecular complexity index is 492. The average Bonchev–Trinajstić information content (AvgIpc) is 2.72. The van der Waals surface area contributed by atoms with E-state index in [0.717, 1.165) is 34.9 Å². The Morgan fingerprint density at radius 2 is 2.00 bits per heavy atom. The molecule has 0 unspecified atom stereocenters. The first-order chi connectivity index (χ1) is 7.74. The van der Waals surface area contributed by atoms with Crippen molar-refractivity contribution in [1.82, 2.24) is 19.7 Å². The average molecular weight is 281 g/mol. The summed E-state index contributed by atoms with van der Waals surface area (Å²) in [7, 11) is 0. The number of hydrogen-bond acceptors (Lipinski definition) is 3. The van der Waals surface area contributed by atoms with Crippen molar-refractivity contribution in [2.24, 2.45) is 0 Å². The summed E-state index contributed by atoms with van der Waals surface area (Å²) in [5, 5.41) is 4.43. The molecule has 0 fully saturated rings. The van der Waals surface area contributed by atoms with Crippen molar-refractivity contribution in [2.45, 2.75) is 26.7 Å². The van der Waals surface area contributed by atoms with Gasteiger partial charge in [-0.15, -0.1) is 5.10 Å². The standard InChI is InChI=1S/C11H13BrN4/c1-3-9-14-10(4-2)16(15-9)11-7-5-6-8(12)13-11/h5-7H,3-4H2,1-2H3. The number of aryl methyl sites for hydroxylation is 2. The summed E-state index contributed by atoms with van der Waals surface area (Å²) < 4.78 is 2.62. The van der Waals surface area contributed by atoms with E-state index in [0.29, 0.717) is 0 Å². The van der Waals surface area contributed by atoms with Crippen molar-refractivity contribution in [2.75, 3.05) is 0 Å². The van der Waals surface area contributed by atoms with Gasteiger partial charge in [0.2, 0.25) is 0 Å². The van der Waals surface area contributed by atoms with Crippen LogP contribution in [-0.4, -0.2) is 19.7 Å². The molecule has 5 heteroatoms. The Balaban J connectivity index is 2.50. The van der Waals surface area contributed by atoms with Crippen LogP contribution in [0.15, 0.2) is 22.8 Å². The lowest BCUT2D eigenvalue weighted by molar-refractivity contribution is 0.767. The van der Waals surface area contributed by atoms with Gasteiger partial charge in [-0.3, -0.25) is 0 Å². The molecular weight excluding hydrogens is 268 g/mol. The summed E-state index contributed by atoms with van der Waals surface area (Å²) in [5.41, 5.74) is 0. The number of nitrogens with zero attached hydrogens (tertiary/aromatic N) is 4. The first kappa shape index (κ1) is 11.3. The molecule has 2 rings (SSSR count). The quantitative estimate of drug-likeness (QED) is 0.812. The predicted molar refractivity (Wildman–Crippen MR) is 65.6 cm³/mol. The molecule has 4 nitrogen and oxygen atoms in total. The highest BCUT2D eigenvalue weighted by Crippen LogP contribution is 2.12. The van der Waals surface area contributed by atoms with Crippen molar-refractivity contribution in [3.05, 3.63) is 34.5 Å². The second kappa shape index (κ2) is 4.74. The molecule has 2 aromatic rings. The molecule has 84 valence electrons. The molecule has 0 bridgehead atoms. The number of aromatic nitrogens is 4. The minimum Gasteiger partial charge on any atom is -0.222 e. The second-order valence-electron chi connectivity index (χ2n) is 3.38. The molecule has 0 aliphatic rings. The van der Waals surface area contributed by atoms with Crippen LogP contribution in [0.25, 0.3) is 5.82 Å². The first-order valence-electron chi connectivity index (χ1n) is 5.32. The highest BCUT2D eigenvalue weighted by Gasteiger charge is 2.09. The molecule has 0 spiro atoms. The van der Waals surface area contributed by atoms with Crippen LogP contribution in [0.4, 0.5) is 0 Å². The SMILES string of the molecule is CCc1nc(CC)n(-c2cccc(Br)n2)n1. The van der Waals surface area contributed by atoms with E-state index in [1.54, 1.807) is 0 Å². The number of pyridine rings is 1. The van der Waals surface area contributed by atoms with Gasteiger partial charge >= 0.3 is 0 Å². The van der Waals surface area contributed by atoms with E-state index in [4.69, 9.17) is 0 Å². The topological polar surface area (TPSA) is 43.6 Å². The normalized spacial score (nSPS) is 10.7. The van der Waals surface area contributed by atoms with Gasteiger partial charge in [0.15, 0.2) is 11.6 Å². The second-order valence-corrected chi connectivity index (χ2v) is 4.19. The van der Waals surface area contributed by atoms with Gasteiger partial charge in [-0.25, -0.2) is 9.97 Å². The molecule has 2 heterocycles. The third-order valence-corrected chi connectivity index (χ3v) is 2.71. The van der Waals surface area contributed by atoms with E-state index >= 15 is 0 Å². The van der Waals surface area contributed by atoms with Crippen molar-refractivity contribution < 1.29 is 0 Å². The zero-order valence-electron chi connectivity index (χ0n) is 9.31. The lowest BCUT2D eigenvalue weighted by Crippen LogP contribution is -2.04. The van der Waals surface area contributed by atoms with Gasteiger partial charge < -0.3 is 0 Å². The molecular formula is C11H13BrN4.